The van der Waals surface area contributed by atoms with E-state index < -0.39 is 0 Å². The molecule has 3 rings (SSSR count). The molecule has 1 aliphatic rings. The van der Waals surface area contributed by atoms with Crippen LogP contribution in [0.1, 0.15) is 5.56 Å². The highest BCUT2D eigenvalue weighted by molar-refractivity contribution is 9.11. The van der Waals surface area contributed by atoms with Gasteiger partial charge in [0, 0.05) is 10.0 Å². The van der Waals surface area contributed by atoms with Gasteiger partial charge in [-0.05, 0) is 46.3 Å². The summed E-state index contributed by atoms with van der Waals surface area (Å²) in [6, 6.07) is 11.1. The van der Waals surface area contributed by atoms with E-state index >= 15 is 0 Å². The Morgan fingerprint density at radius 1 is 1.15 bits per heavy atom. The van der Waals surface area contributed by atoms with Gasteiger partial charge in [-0.25, -0.2) is 0 Å². The summed E-state index contributed by atoms with van der Waals surface area (Å²) in [6.45, 7) is 0. The summed E-state index contributed by atoms with van der Waals surface area (Å²) >= 11 is 13.6. The van der Waals surface area contributed by atoms with Gasteiger partial charge in [-0.15, -0.1) is 0 Å². The van der Waals surface area contributed by atoms with E-state index in [0.29, 0.717) is 26.4 Å². The number of benzene rings is 2. The van der Waals surface area contributed by atoms with Gasteiger partial charge >= 0.3 is 0 Å². The number of amides is 1. The Bertz CT molecular complexity index is 931. The number of nitrogens with zero attached hydrogens (tertiary/aromatic N) is 1. The Balaban J connectivity index is 2.04. The number of hydrogen-bond donors (Lipinski definition) is 0. The molecule has 8 heteroatoms. The third-order valence-corrected chi connectivity index (χ3v) is 6.00. The molecule has 4 nitrogen and oxygen atoms in total. The van der Waals surface area contributed by atoms with Crippen LogP contribution in [0.5, 0.6) is 11.5 Å². The Morgan fingerprint density at radius 3 is 2.58 bits per heavy atom. The fourth-order valence-electron chi connectivity index (χ4n) is 2.53. The van der Waals surface area contributed by atoms with Gasteiger partial charge in [0.2, 0.25) is 0 Å². The number of thioether (sulfide) groups is 1. The third kappa shape index (κ3) is 3.69. The number of rotatable bonds is 4. The zero-order valence-corrected chi connectivity index (χ0v) is 18.6. The molecular weight excluding hydrogens is 502 g/mol. The van der Waals surface area contributed by atoms with E-state index in [1.54, 1.807) is 26.4 Å². The molecule has 0 saturated carbocycles. The number of anilines is 1. The second-order valence-electron chi connectivity index (χ2n) is 5.20. The van der Waals surface area contributed by atoms with Crippen LogP contribution in [0.3, 0.4) is 0 Å². The van der Waals surface area contributed by atoms with Gasteiger partial charge in [-0.3, -0.25) is 9.69 Å². The van der Waals surface area contributed by atoms with Crippen LogP contribution >= 0.6 is 55.8 Å². The van der Waals surface area contributed by atoms with Crippen molar-refractivity contribution < 1.29 is 14.3 Å². The quantitative estimate of drug-likeness (QED) is 0.390. The molecular formula is C18H13Br2NO3S2. The number of para-hydroxylation sites is 2. The van der Waals surface area contributed by atoms with E-state index in [9.17, 15) is 4.79 Å². The minimum absolute atomic E-state index is 0.192. The topological polar surface area (TPSA) is 38.8 Å². The molecule has 0 N–H and O–H groups in total. The molecule has 26 heavy (non-hydrogen) atoms. The van der Waals surface area contributed by atoms with Crippen molar-refractivity contribution in [3.05, 3.63) is 55.8 Å². The summed E-state index contributed by atoms with van der Waals surface area (Å²) in [5, 5.41) is 0. The first kappa shape index (κ1) is 19.4. The molecule has 0 atom stereocenters. The standard InChI is InChI=1S/C18H13Br2NO3S2/c1-23-14-6-4-3-5-13(14)21-17(22)15(26-18(21)25)8-10-7-11(19)9-12(20)16(10)24-2/h3-9H,1-2H3/b15-8+. The molecule has 1 amide bonds. The summed E-state index contributed by atoms with van der Waals surface area (Å²) in [5.74, 6) is 1.05. The van der Waals surface area contributed by atoms with Gasteiger partial charge in [0.05, 0.1) is 29.3 Å². The van der Waals surface area contributed by atoms with Crippen LogP contribution in [0, 0.1) is 0 Å². The Morgan fingerprint density at radius 2 is 1.88 bits per heavy atom. The highest BCUT2D eigenvalue weighted by Crippen LogP contribution is 2.41. The molecule has 0 aromatic heterocycles. The monoisotopic (exact) mass is 513 g/mol. The van der Waals surface area contributed by atoms with Crippen molar-refractivity contribution in [2.45, 2.75) is 0 Å². The summed E-state index contributed by atoms with van der Waals surface area (Å²) in [6.07, 6.45) is 1.78. The van der Waals surface area contributed by atoms with Crippen molar-refractivity contribution in [2.24, 2.45) is 0 Å². The molecule has 134 valence electrons. The van der Waals surface area contributed by atoms with Gasteiger partial charge in [-0.1, -0.05) is 52.0 Å². The van der Waals surface area contributed by atoms with Gasteiger partial charge in [0.15, 0.2) is 4.32 Å². The minimum atomic E-state index is -0.192. The van der Waals surface area contributed by atoms with Crippen LogP contribution in [0.2, 0.25) is 0 Å². The highest BCUT2D eigenvalue weighted by Gasteiger charge is 2.35. The molecule has 0 spiro atoms. The molecule has 2 aromatic rings. The number of ether oxygens (including phenoxy) is 2. The van der Waals surface area contributed by atoms with E-state index in [2.05, 4.69) is 31.9 Å². The number of methoxy groups -OCH3 is 2. The molecule has 0 radical (unpaired) electrons. The molecule has 2 aromatic carbocycles. The maximum Gasteiger partial charge on any atom is 0.270 e. The van der Waals surface area contributed by atoms with E-state index in [1.165, 1.54) is 16.7 Å². The smallest absolute Gasteiger partial charge is 0.270 e. The van der Waals surface area contributed by atoms with Gasteiger partial charge < -0.3 is 9.47 Å². The summed E-state index contributed by atoms with van der Waals surface area (Å²) in [4.78, 5) is 15.0. The maximum atomic E-state index is 13.0. The zero-order valence-electron chi connectivity index (χ0n) is 13.8. The van der Waals surface area contributed by atoms with E-state index in [-0.39, 0.29) is 5.91 Å². The predicted octanol–water partition coefficient (Wildman–Crippen LogP) is 5.63. The SMILES string of the molecule is COc1ccccc1N1C(=O)/C(=C\c2cc(Br)cc(Br)c2OC)SC1=S. The van der Waals surface area contributed by atoms with Crippen molar-refractivity contribution in [2.75, 3.05) is 19.1 Å². The van der Waals surface area contributed by atoms with Crippen molar-refractivity contribution >= 4 is 77.8 Å². The van der Waals surface area contributed by atoms with Crippen LogP contribution in [-0.2, 0) is 4.79 Å². The molecule has 1 saturated heterocycles. The molecule has 0 aliphatic carbocycles. The number of carbonyl (C=O) groups excluding carboxylic acids is 1. The van der Waals surface area contributed by atoms with Gasteiger partial charge in [0.1, 0.15) is 11.5 Å². The Labute approximate surface area is 177 Å². The average molecular weight is 515 g/mol. The number of hydrogen-bond acceptors (Lipinski definition) is 5. The Hall–Kier alpha value is -1.35. The molecule has 1 fully saturated rings. The summed E-state index contributed by atoms with van der Waals surface area (Å²) in [5.41, 5.74) is 1.40. The first-order chi connectivity index (χ1) is 12.5. The highest BCUT2D eigenvalue weighted by atomic mass is 79.9. The Kier molecular flexibility index (Phi) is 6.06. The number of halogens is 2. The fraction of sp³-hybridized carbons (Fsp3) is 0.111. The summed E-state index contributed by atoms with van der Waals surface area (Å²) in [7, 11) is 3.15. The lowest BCUT2D eigenvalue weighted by Crippen LogP contribution is -2.27. The predicted molar refractivity (Wildman–Crippen MR) is 117 cm³/mol. The first-order valence-electron chi connectivity index (χ1n) is 7.40. The minimum Gasteiger partial charge on any atom is -0.495 e. The lowest BCUT2D eigenvalue weighted by atomic mass is 10.2. The van der Waals surface area contributed by atoms with Crippen LogP contribution in [0.4, 0.5) is 5.69 Å². The molecule has 0 unspecified atom stereocenters. The van der Waals surface area contributed by atoms with Crippen LogP contribution < -0.4 is 14.4 Å². The molecule has 0 bridgehead atoms. The number of carbonyl (C=O) groups is 1. The normalized spacial score (nSPS) is 15.7. The zero-order chi connectivity index (χ0) is 18.8. The molecule has 1 aliphatic heterocycles. The van der Waals surface area contributed by atoms with E-state index in [1.807, 2.05) is 30.3 Å². The second-order valence-corrected chi connectivity index (χ2v) is 8.64. The summed E-state index contributed by atoms with van der Waals surface area (Å²) < 4.78 is 12.9. The van der Waals surface area contributed by atoms with Crippen LogP contribution in [0.25, 0.3) is 6.08 Å². The molecule has 1 heterocycles. The van der Waals surface area contributed by atoms with Crippen LogP contribution in [0.15, 0.2) is 50.2 Å². The van der Waals surface area contributed by atoms with Crippen LogP contribution in [-0.4, -0.2) is 24.4 Å². The van der Waals surface area contributed by atoms with E-state index in [4.69, 9.17) is 21.7 Å². The number of thiocarbonyl (C=S) groups is 1. The average Bonchev–Trinajstić information content (AvgIpc) is 2.88. The van der Waals surface area contributed by atoms with Crippen molar-refractivity contribution in [3.63, 3.8) is 0 Å². The largest absolute Gasteiger partial charge is 0.495 e. The maximum absolute atomic E-state index is 13.0. The first-order valence-corrected chi connectivity index (χ1v) is 10.2. The van der Waals surface area contributed by atoms with Crippen molar-refractivity contribution in [1.29, 1.82) is 0 Å². The second kappa shape index (κ2) is 8.12. The van der Waals surface area contributed by atoms with Gasteiger partial charge in [0.25, 0.3) is 5.91 Å². The van der Waals surface area contributed by atoms with Gasteiger partial charge in [-0.2, -0.15) is 0 Å². The lowest BCUT2D eigenvalue weighted by Gasteiger charge is -2.17. The third-order valence-electron chi connectivity index (χ3n) is 3.65. The van der Waals surface area contributed by atoms with E-state index in [0.717, 1.165) is 14.5 Å². The van der Waals surface area contributed by atoms with Crippen molar-refractivity contribution in [1.82, 2.24) is 0 Å². The van der Waals surface area contributed by atoms with Crippen molar-refractivity contribution in [3.8, 4) is 11.5 Å². The lowest BCUT2D eigenvalue weighted by molar-refractivity contribution is -0.113. The fourth-order valence-corrected chi connectivity index (χ4v) is 5.23.